The summed E-state index contributed by atoms with van der Waals surface area (Å²) in [6.07, 6.45) is 1.69. The lowest BCUT2D eigenvalue weighted by atomic mass is 10.2. The molecule has 0 saturated carbocycles. The van der Waals surface area contributed by atoms with Crippen LogP contribution in [0.5, 0.6) is 0 Å². The fraction of sp³-hybridized carbons (Fsp3) is 0.0625. The largest absolute Gasteiger partial charge is 0.334 e. The molecule has 0 amide bonds. The number of halogens is 1. The van der Waals surface area contributed by atoms with Crippen LogP contribution in [0.15, 0.2) is 69.3 Å². The van der Waals surface area contributed by atoms with Crippen LogP contribution < -0.4 is 11.3 Å². The van der Waals surface area contributed by atoms with Crippen molar-refractivity contribution in [3.05, 3.63) is 70.2 Å². The third-order valence-electron chi connectivity index (χ3n) is 3.12. The first-order valence-corrected chi connectivity index (χ1v) is 8.92. The Hall–Kier alpha value is -2.32. The predicted molar refractivity (Wildman–Crippen MR) is 102 cm³/mol. The quantitative estimate of drug-likeness (QED) is 0.285. The first-order valence-electron chi connectivity index (χ1n) is 7.14. The summed E-state index contributed by atoms with van der Waals surface area (Å²) >= 11 is 4.91. The van der Waals surface area contributed by atoms with Crippen molar-refractivity contribution in [3.8, 4) is 0 Å². The SMILES string of the molecule is Nn1c(N/N=C/c2ccc(Br)cc2)nnc1SCc1ccccc1. The van der Waals surface area contributed by atoms with Crippen molar-refractivity contribution in [1.29, 1.82) is 0 Å². The molecule has 24 heavy (non-hydrogen) atoms. The smallest absolute Gasteiger partial charge is 0.264 e. The summed E-state index contributed by atoms with van der Waals surface area (Å²) in [5.41, 5.74) is 4.97. The number of thioether (sulfide) groups is 1. The number of rotatable bonds is 6. The van der Waals surface area contributed by atoms with Gasteiger partial charge in [-0.2, -0.15) is 5.10 Å². The molecule has 1 heterocycles. The van der Waals surface area contributed by atoms with Crippen molar-refractivity contribution >= 4 is 39.9 Å². The topological polar surface area (TPSA) is 81.1 Å². The molecule has 122 valence electrons. The van der Waals surface area contributed by atoms with E-state index in [9.17, 15) is 0 Å². The molecule has 0 spiro atoms. The monoisotopic (exact) mass is 402 g/mol. The van der Waals surface area contributed by atoms with Crippen molar-refractivity contribution in [2.45, 2.75) is 10.9 Å². The summed E-state index contributed by atoms with van der Waals surface area (Å²) in [6, 6.07) is 17.9. The van der Waals surface area contributed by atoms with Gasteiger partial charge in [0.2, 0.25) is 5.16 Å². The Bertz CT molecular complexity index is 816. The minimum Gasteiger partial charge on any atom is -0.334 e. The van der Waals surface area contributed by atoms with E-state index in [0.29, 0.717) is 11.1 Å². The molecule has 0 aliphatic heterocycles. The third-order valence-corrected chi connectivity index (χ3v) is 4.67. The Kier molecular flexibility index (Phi) is 5.50. The number of benzene rings is 2. The van der Waals surface area contributed by atoms with E-state index in [1.54, 1.807) is 6.21 Å². The summed E-state index contributed by atoms with van der Waals surface area (Å²) in [5.74, 6) is 7.16. The van der Waals surface area contributed by atoms with Gasteiger partial charge in [-0.25, -0.2) is 10.1 Å². The van der Waals surface area contributed by atoms with E-state index in [-0.39, 0.29) is 0 Å². The van der Waals surface area contributed by atoms with E-state index < -0.39 is 0 Å². The average Bonchev–Trinajstić information content (AvgIpc) is 2.96. The van der Waals surface area contributed by atoms with Crippen molar-refractivity contribution in [2.24, 2.45) is 5.10 Å². The van der Waals surface area contributed by atoms with Crippen molar-refractivity contribution in [3.63, 3.8) is 0 Å². The van der Waals surface area contributed by atoms with Crippen molar-refractivity contribution in [1.82, 2.24) is 14.9 Å². The van der Waals surface area contributed by atoms with Crippen LogP contribution >= 0.6 is 27.7 Å². The lowest BCUT2D eigenvalue weighted by molar-refractivity contribution is 0.847. The summed E-state index contributed by atoms with van der Waals surface area (Å²) in [4.78, 5) is 0. The molecule has 0 atom stereocenters. The highest BCUT2D eigenvalue weighted by Crippen LogP contribution is 2.21. The van der Waals surface area contributed by atoms with Gasteiger partial charge in [-0.1, -0.05) is 70.2 Å². The molecule has 0 fully saturated rings. The van der Waals surface area contributed by atoms with Gasteiger partial charge in [0.05, 0.1) is 6.21 Å². The molecule has 0 bridgehead atoms. The third kappa shape index (κ3) is 4.36. The summed E-state index contributed by atoms with van der Waals surface area (Å²) in [6.45, 7) is 0. The number of aromatic nitrogens is 3. The van der Waals surface area contributed by atoms with Crippen molar-refractivity contribution < 1.29 is 0 Å². The normalized spacial score (nSPS) is 11.0. The van der Waals surface area contributed by atoms with Gasteiger partial charge in [0, 0.05) is 10.2 Å². The minimum absolute atomic E-state index is 0.388. The van der Waals surface area contributed by atoms with E-state index in [0.717, 1.165) is 15.8 Å². The second-order valence-electron chi connectivity index (χ2n) is 4.87. The molecule has 0 unspecified atom stereocenters. The van der Waals surface area contributed by atoms with Crippen LogP contribution in [-0.4, -0.2) is 21.1 Å². The highest BCUT2D eigenvalue weighted by atomic mass is 79.9. The van der Waals surface area contributed by atoms with Gasteiger partial charge in [-0.15, -0.1) is 10.2 Å². The molecule has 2 aromatic carbocycles. The highest BCUT2D eigenvalue weighted by Gasteiger charge is 2.09. The maximum Gasteiger partial charge on any atom is 0.264 e. The van der Waals surface area contributed by atoms with Gasteiger partial charge >= 0.3 is 0 Å². The van der Waals surface area contributed by atoms with E-state index in [1.807, 2.05) is 42.5 Å². The maximum atomic E-state index is 6.00. The lowest BCUT2D eigenvalue weighted by Gasteiger charge is -2.03. The summed E-state index contributed by atoms with van der Waals surface area (Å²) < 4.78 is 2.42. The van der Waals surface area contributed by atoms with Crippen LogP contribution in [0, 0.1) is 0 Å². The number of nitrogens with zero attached hydrogens (tertiary/aromatic N) is 4. The highest BCUT2D eigenvalue weighted by molar-refractivity contribution is 9.10. The van der Waals surface area contributed by atoms with Crippen LogP contribution in [-0.2, 0) is 5.75 Å². The molecule has 8 heteroatoms. The standard InChI is InChI=1S/C16H15BrN6S/c17-14-8-6-12(7-9-14)10-19-20-15-21-22-16(23(15)18)24-11-13-4-2-1-3-5-13/h1-10H,11,18H2,(H,20,21)/b19-10+. The van der Waals surface area contributed by atoms with E-state index in [4.69, 9.17) is 5.84 Å². The molecule has 3 aromatic rings. The number of hydrazone groups is 1. The number of nitrogens with two attached hydrogens (primary N) is 1. The van der Waals surface area contributed by atoms with Crippen LogP contribution in [0.25, 0.3) is 0 Å². The molecule has 1 aromatic heterocycles. The fourth-order valence-electron chi connectivity index (χ4n) is 1.89. The Morgan fingerprint density at radius 2 is 1.88 bits per heavy atom. The molecule has 0 aliphatic rings. The molecule has 0 aliphatic carbocycles. The van der Waals surface area contributed by atoms with E-state index in [2.05, 4.69) is 48.8 Å². The lowest BCUT2D eigenvalue weighted by Crippen LogP contribution is -2.13. The van der Waals surface area contributed by atoms with E-state index in [1.165, 1.54) is 22.0 Å². The van der Waals surface area contributed by atoms with Gasteiger partial charge in [0.25, 0.3) is 5.95 Å². The Balaban J connectivity index is 1.59. The molecule has 3 rings (SSSR count). The number of nitrogen functional groups attached to an aromatic ring is 1. The minimum atomic E-state index is 0.388. The molecule has 0 saturated heterocycles. The fourth-order valence-corrected chi connectivity index (χ4v) is 2.96. The van der Waals surface area contributed by atoms with Crippen LogP contribution in [0.1, 0.15) is 11.1 Å². The molecule has 3 N–H and O–H groups in total. The summed E-state index contributed by atoms with van der Waals surface area (Å²) in [7, 11) is 0. The van der Waals surface area contributed by atoms with E-state index >= 15 is 0 Å². The Labute approximate surface area is 152 Å². The average molecular weight is 403 g/mol. The van der Waals surface area contributed by atoms with Crippen LogP contribution in [0.3, 0.4) is 0 Å². The second-order valence-corrected chi connectivity index (χ2v) is 6.73. The zero-order chi connectivity index (χ0) is 16.8. The number of nitrogens with one attached hydrogen (secondary N) is 1. The molecular weight excluding hydrogens is 388 g/mol. The maximum absolute atomic E-state index is 6.00. The van der Waals surface area contributed by atoms with Crippen LogP contribution in [0.2, 0.25) is 0 Å². The first kappa shape index (κ1) is 16.5. The Morgan fingerprint density at radius 3 is 2.62 bits per heavy atom. The second kappa shape index (κ2) is 7.98. The molecule has 6 nitrogen and oxygen atoms in total. The zero-order valence-corrected chi connectivity index (χ0v) is 15.0. The molecule has 0 radical (unpaired) electrons. The predicted octanol–water partition coefficient (Wildman–Crippen LogP) is 3.49. The number of anilines is 1. The van der Waals surface area contributed by atoms with Gasteiger partial charge < -0.3 is 5.84 Å². The van der Waals surface area contributed by atoms with Gasteiger partial charge in [-0.05, 0) is 23.3 Å². The van der Waals surface area contributed by atoms with Gasteiger partial charge in [0.15, 0.2) is 0 Å². The number of hydrogen-bond acceptors (Lipinski definition) is 6. The molecular formula is C16H15BrN6S. The van der Waals surface area contributed by atoms with Gasteiger partial charge in [0.1, 0.15) is 0 Å². The zero-order valence-electron chi connectivity index (χ0n) is 12.6. The number of hydrogen-bond donors (Lipinski definition) is 2. The van der Waals surface area contributed by atoms with Crippen molar-refractivity contribution in [2.75, 3.05) is 11.3 Å². The first-order chi connectivity index (χ1) is 11.7. The van der Waals surface area contributed by atoms with Gasteiger partial charge in [-0.3, -0.25) is 0 Å². The summed E-state index contributed by atoms with van der Waals surface area (Å²) in [5, 5.41) is 12.8. The van der Waals surface area contributed by atoms with Crippen LogP contribution in [0.4, 0.5) is 5.95 Å². The Morgan fingerprint density at radius 1 is 1.12 bits per heavy atom.